The lowest BCUT2D eigenvalue weighted by Crippen LogP contribution is -2.37. The van der Waals surface area contributed by atoms with Gasteiger partial charge in [-0.25, -0.2) is 0 Å². The van der Waals surface area contributed by atoms with Crippen molar-refractivity contribution in [2.24, 2.45) is 5.92 Å². The van der Waals surface area contributed by atoms with E-state index in [4.69, 9.17) is 0 Å². The molecule has 1 aliphatic heterocycles. The topological polar surface area (TPSA) is 33.2 Å². The molecule has 1 aliphatic rings. The molecular weight excluding hydrogens is 188 g/mol. The van der Waals surface area contributed by atoms with Gasteiger partial charge in [0.05, 0.1) is 5.56 Å². The highest BCUT2D eigenvalue weighted by Gasteiger charge is 2.21. The van der Waals surface area contributed by atoms with Gasteiger partial charge in [0.2, 0.25) is 0 Å². The zero-order valence-corrected chi connectivity index (χ0v) is 9.02. The third kappa shape index (κ3) is 2.35. The van der Waals surface area contributed by atoms with Gasteiger partial charge in [0.15, 0.2) is 0 Å². The molecule has 1 saturated heterocycles. The molecule has 0 atom stereocenters. The van der Waals surface area contributed by atoms with Crippen molar-refractivity contribution in [3.8, 4) is 0 Å². The summed E-state index contributed by atoms with van der Waals surface area (Å²) in [6.45, 7) is 4.01. The van der Waals surface area contributed by atoms with Gasteiger partial charge in [-0.1, -0.05) is 6.92 Å². The van der Waals surface area contributed by atoms with Gasteiger partial charge in [-0.3, -0.25) is 9.78 Å². The first-order chi connectivity index (χ1) is 7.27. The van der Waals surface area contributed by atoms with E-state index in [0.29, 0.717) is 5.56 Å². The lowest BCUT2D eigenvalue weighted by molar-refractivity contribution is 0.0697. The average molecular weight is 204 g/mol. The van der Waals surface area contributed by atoms with Gasteiger partial charge in [0.1, 0.15) is 0 Å². The van der Waals surface area contributed by atoms with Gasteiger partial charge in [0, 0.05) is 25.5 Å². The van der Waals surface area contributed by atoms with E-state index in [1.807, 2.05) is 11.0 Å². The number of carbonyl (C=O) groups is 1. The number of nitrogens with zero attached hydrogens (tertiary/aromatic N) is 2. The van der Waals surface area contributed by atoms with Gasteiger partial charge in [-0.05, 0) is 30.9 Å². The molecule has 1 amide bonds. The summed E-state index contributed by atoms with van der Waals surface area (Å²) in [6.07, 6.45) is 5.56. The third-order valence-corrected chi connectivity index (χ3v) is 2.98. The zero-order valence-electron chi connectivity index (χ0n) is 9.02. The molecular formula is C12H16N2O. The summed E-state index contributed by atoms with van der Waals surface area (Å²) in [4.78, 5) is 17.9. The van der Waals surface area contributed by atoms with Crippen LogP contribution in [0.4, 0.5) is 0 Å². The zero-order chi connectivity index (χ0) is 10.7. The minimum atomic E-state index is 0.120. The van der Waals surface area contributed by atoms with Gasteiger partial charge >= 0.3 is 0 Å². The van der Waals surface area contributed by atoms with Crippen LogP contribution >= 0.6 is 0 Å². The normalized spacial score (nSPS) is 17.8. The SMILES string of the molecule is CC1CCN(C(=O)c2cccnc2)CC1. The van der Waals surface area contributed by atoms with Gasteiger partial charge < -0.3 is 4.90 Å². The van der Waals surface area contributed by atoms with Crippen LogP contribution in [0, 0.1) is 5.92 Å². The fourth-order valence-corrected chi connectivity index (χ4v) is 1.88. The van der Waals surface area contributed by atoms with Crippen LogP contribution in [-0.2, 0) is 0 Å². The van der Waals surface area contributed by atoms with Crippen LogP contribution in [-0.4, -0.2) is 28.9 Å². The molecule has 1 aromatic rings. The maximum atomic E-state index is 12.0. The van der Waals surface area contributed by atoms with Crippen molar-refractivity contribution >= 4 is 5.91 Å². The third-order valence-electron chi connectivity index (χ3n) is 2.98. The van der Waals surface area contributed by atoms with Gasteiger partial charge in [-0.2, -0.15) is 0 Å². The van der Waals surface area contributed by atoms with Crippen molar-refractivity contribution in [3.63, 3.8) is 0 Å². The molecule has 0 aliphatic carbocycles. The Morgan fingerprint density at radius 1 is 1.47 bits per heavy atom. The average Bonchev–Trinajstić information content (AvgIpc) is 2.30. The van der Waals surface area contributed by atoms with E-state index in [1.54, 1.807) is 18.5 Å². The molecule has 80 valence electrons. The predicted molar refractivity (Wildman–Crippen MR) is 58.5 cm³/mol. The molecule has 2 rings (SSSR count). The molecule has 2 heterocycles. The minimum absolute atomic E-state index is 0.120. The Labute approximate surface area is 90.1 Å². The number of pyridine rings is 1. The Kier molecular flexibility index (Phi) is 2.99. The Hall–Kier alpha value is -1.38. The van der Waals surface area contributed by atoms with E-state index in [0.717, 1.165) is 31.8 Å². The highest BCUT2D eigenvalue weighted by Crippen LogP contribution is 2.17. The van der Waals surface area contributed by atoms with E-state index < -0.39 is 0 Å². The number of aromatic nitrogens is 1. The smallest absolute Gasteiger partial charge is 0.255 e. The summed E-state index contributed by atoms with van der Waals surface area (Å²) in [7, 11) is 0. The molecule has 1 aromatic heterocycles. The Morgan fingerprint density at radius 3 is 2.80 bits per heavy atom. The first-order valence-corrected chi connectivity index (χ1v) is 5.46. The summed E-state index contributed by atoms with van der Waals surface area (Å²) in [5.41, 5.74) is 0.701. The molecule has 3 nitrogen and oxygen atoms in total. The molecule has 0 radical (unpaired) electrons. The summed E-state index contributed by atoms with van der Waals surface area (Å²) in [5, 5.41) is 0. The molecule has 0 unspecified atom stereocenters. The molecule has 0 bridgehead atoms. The van der Waals surface area contributed by atoms with E-state index in [1.165, 1.54) is 0 Å². The molecule has 0 spiro atoms. The maximum absolute atomic E-state index is 12.0. The number of hydrogen-bond acceptors (Lipinski definition) is 2. The maximum Gasteiger partial charge on any atom is 0.255 e. The molecule has 0 aromatic carbocycles. The quantitative estimate of drug-likeness (QED) is 0.700. The first-order valence-electron chi connectivity index (χ1n) is 5.46. The fraction of sp³-hybridized carbons (Fsp3) is 0.500. The fourth-order valence-electron chi connectivity index (χ4n) is 1.88. The van der Waals surface area contributed by atoms with Crippen molar-refractivity contribution in [1.29, 1.82) is 0 Å². The second-order valence-electron chi connectivity index (χ2n) is 4.22. The highest BCUT2D eigenvalue weighted by molar-refractivity contribution is 5.93. The largest absolute Gasteiger partial charge is 0.339 e. The molecule has 15 heavy (non-hydrogen) atoms. The van der Waals surface area contributed by atoms with Gasteiger partial charge in [-0.15, -0.1) is 0 Å². The summed E-state index contributed by atoms with van der Waals surface area (Å²) in [5.74, 6) is 0.873. The minimum Gasteiger partial charge on any atom is -0.339 e. The summed E-state index contributed by atoms with van der Waals surface area (Å²) < 4.78 is 0. The van der Waals surface area contributed by atoms with E-state index in [2.05, 4.69) is 11.9 Å². The van der Waals surface area contributed by atoms with Crippen molar-refractivity contribution in [2.75, 3.05) is 13.1 Å². The predicted octanol–water partition coefficient (Wildman–Crippen LogP) is 1.95. The van der Waals surface area contributed by atoms with Crippen molar-refractivity contribution in [2.45, 2.75) is 19.8 Å². The molecule has 1 fully saturated rings. The monoisotopic (exact) mass is 204 g/mol. The first kappa shape index (κ1) is 10.1. The summed E-state index contributed by atoms with van der Waals surface area (Å²) in [6, 6.07) is 3.63. The molecule has 3 heteroatoms. The van der Waals surface area contributed by atoms with Crippen molar-refractivity contribution in [3.05, 3.63) is 30.1 Å². The number of hydrogen-bond donors (Lipinski definition) is 0. The van der Waals surface area contributed by atoms with Crippen LogP contribution in [0.25, 0.3) is 0 Å². The molecule has 0 N–H and O–H groups in total. The number of rotatable bonds is 1. The lowest BCUT2D eigenvalue weighted by atomic mass is 9.99. The lowest BCUT2D eigenvalue weighted by Gasteiger charge is -2.30. The van der Waals surface area contributed by atoms with Crippen LogP contribution in [0.1, 0.15) is 30.1 Å². The number of carbonyl (C=O) groups excluding carboxylic acids is 1. The summed E-state index contributed by atoms with van der Waals surface area (Å²) >= 11 is 0. The van der Waals surface area contributed by atoms with Crippen LogP contribution in [0.3, 0.4) is 0 Å². The second kappa shape index (κ2) is 4.43. The van der Waals surface area contributed by atoms with Crippen molar-refractivity contribution in [1.82, 2.24) is 9.88 Å². The van der Waals surface area contributed by atoms with Crippen LogP contribution < -0.4 is 0 Å². The number of amides is 1. The molecule has 0 saturated carbocycles. The number of likely N-dealkylation sites (tertiary alicyclic amines) is 1. The van der Waals surface area contributed by atoms with Crippen LogP contribution in [0.2, 0.25) is 0 Å². The Balaban J connectivity index is 2.03. The standard InChI is InChI=1S/C12H16N2O/c1-10-4-7-14(8-5-10)12(15)11-3-2-6-13-9-11/h2-3,6,9-10H,4-5,7-8H2,1H3. The van der Waals surface area contributed by atoms with E-state index >= 15 is 0 Å². The van der Waals surface area contributed by atoms with Gasteiger partial charge in [0.25, 0.3) is 5.91 Å². The second-order valence-corrected chi connectivity index (χ2v) is 4.22. The van der Waals surface area contributed by atoms with E-state index in [9.17, 15) is 4.79 Å². The Morgan fingerprint density at radius 2 is 2.20 bits per heavy atom. The van der Waals surface area contributed by atoms with E-state index in [-0.39, 0.29) is 5.91 Å². The van der Waals surface area contributed by atoms with Crippen LogP contribution in [0.5, 0.6) is 0 Å². The highest BCUT2D eigenvalue weighted by atomic mass is 16.2. The van der Waals surface area contributed by atoms with Crippen LogP contribution in [0.15, 0.2) is 24.5 Å². The number of piperidine rings is 1. The Bertz CT molecular complexity index is 329. The van der Waals surface area contributed by atoms with Crippen molar-refractivity contribution < 1.29 is 4.79 Å².